The van der Waals surface area contributed by atoms with E-state index >= 15 is 0 Å². The van der Waals surface area contributed by atoms with E-state index < -0.39 is 23.5 Å². The number of alkyl halides is 3. The number of aryl methyl sites for hydroxylation is 1. The molecule has 168 valence electrons. The van der Waals surface area contributed by atoms with E-state index in [-0.39, 0.29) is 11.2 Å². The summed E-state index contributed by atoms with van der Waals surface area (Å²) in [4.78, 5) is 18.5. The highest BCUT2D eigenvalue weighted by Crippen LogP contribution is 2.33. The largest absolute Gasteiger partial charge is 0.437 e. The molecule has 0 aromatic carbocycles. The summed E-state index contributed by atoms with van der Waals surface area (Å²) in [5.74, 6) is -0.170. The molecule has 3 aromatic heterocycles. The highest BCUT2D eigenvalue weighted by molar-refractivity contribution is 6.08. The number of rotatable bonds is 3. The molecule has 3 aromatic rings. The van der Waals surface area contributed by atoms with E-state index in [1.165, 1.54) is 56.3 Å². The summed E-state index contributed by atoms with van der Waals surface area (Å²) in [5, 5.41) is 9.57. The third-order valence-electron chi connectivity index (χ3n) is 4.90. The molecule has 0 saturated heterocycles. The van der Waals surface area contributed by atoms with Crippen LogP contribution in [-0.4, -0.2) is 44.4 Å². The highest BCUT2D eigenvalue weighted by Gasteiger charge is 2.37. The van der Waals surface area contributed by atoms with Crippen molar-refractivity contribution >= 4 is 23.1 Å². The minimum Gasteiger partial charge on any atom is -0.363 e. The lowest BCUT2D eigenvalue weighted by Gasteiger charge is -2.11. The Balaban J connectivity index is 0.000000391. The Bertz CT molecular complexity index is 1020. The van der Waals surface area contributed by atoms with Gasteiger partial charge in [0, 0.05) is 33.5 Å². The van der Waals surface area contributed by atoms with E-state index in [4.69, 9.17) is 0 Å². The minimum absolute atomic E-state index is 0.0562. The number of carbonyl (C=O) groups excluding carboxylic acids is 1. The summed E-state index contributed by atoms with van der Waals surface area (Å²) < 4.78 is 41.3. The van der Waals surface area contributed by atoms with Gasteiger partial charge in [0.2, 0.25) is 0 Å². The van der Waals surface area contributed by atoms with E-state index in [1.54, 1.807) is 31.3 Å². The van der Waals surface area contributed by atoms with Gasteiger partial charge in [-0.25, -0.2) is 9.50 Å². The molecule has 0 atom stereocenters. The van der Waals surface area contributed by atoms with Gasteiger partial charge in [0.25, 0.3) is 5.91 Å². The van der Waals surface area contributed by atoms with Crippen molar-refractivity contribution in [2.24, 2.45) is 7.05 Å². The van der Waals surface area contributed by atoms with Gasteiger partial charge in [-0.15, -0.1) is 0 Å². The fraction of sp³-hybridized carbons (Fsp3) is 0.500. The Hall–Kier alpha value is -3.11. The molecule has 11 heteroatoms. The van der Waals surface area contributed by atoms with Gasteiger partial charge in [0.15, 0.2) is 11.3 Å². The SMILES string of the molecule is C1CCCCC1.CN(C)c1ccn2ncc(C(=O)Nc3cn(C)nc3C(F)(F)F)c2n1. The van der Waals surface area contributed by atoms with Gasteiger partial charge < -0.3 is 10.2 Å². The maximum Gasteiger partial charge on any atom is 0.437 e. The number of amides is 1. The van der Waals surface area contributed by atoms with Crippen molar-refractivity contribution in [3.05, 3.63) is 35.9 Å². The fourth-order valence-electron chi connectivity index (χ4n) is 3.31. The van der Waals surface area contributed by atoms with Gasteiger partial charge in [-0.3, -0.25) is 9.48 Å². The third kappa shape index (κ3) is 5.53. The van der Waals surface area contributed by atoms with E-state index in [9.17, 15) is 18.0 Å². The number of fused-ring (bicyclic) bond motifs is 1. The van der Waals surface area contributed by atoms with Crippen LogP contribution in [0.25, 0.3) is 5.65 Å². The molecule has 4 rings (SSSR count). The molecule has 0 radical (unpaired) electrons. The second-order valence-electron chi connectivity index (χ2n) is 7.64. The first-order valence-corrected chi connectivity index (χ1v) is 10.1. The Morgan fingerprint density at radius 2 is 1.74 bits per heavy atom. The first kappa shape index (κ1) is 22.6. The van der Waals surface area contributed by atoms with Crippen LogP contribution in [0.4, 0.5) is 24.7 Å². The molecule has 8 nitrogen and oxygen atoms in total. The van der Waals surface area contributed by atoms with Crippen LogP contribution >= 0.6 is 0 Å². The Kier molecular flexibility index (Phi) is 6.81. The van der Waals surface area contributed by atoms with Gasteiger partial charge >= 0.3 is 6.18 Å². The zero-order valence-corrected chi connectivity index (χ0v) is 17.8. The van der Waals surface area contributed by atoms with E-state index in [1.807, 2.05) is 0 Å². The van der Waals surface area contributed by atoms with Gasteiger partial charge in [0.05, 0.1) is 11.9 Å². The van der Waals surface area contributed by atoms with Gasteiger partial charge in [-0.05, 0) is 6.07 Å². The maximum atomic E-state index is 13.0. The van der Waals surface area contributed by atoms with E-state index in [0.29, 0.717) is 5.82 Å². The Labute approximate surface area is 178 Å². The number of anilines is 2. The zero-order chi connectivity index (χ0) is 22.6. The number of nitrogens with zero attached hydrogens (tertiary/aromatic N) is 6. The zero-order valence-electron chi connectivity index (χ0n) is 17.8. The average Bonchev–Trinajstić information content (AvgIpc) is 3.32. The van der Waals surface area contributed by atoms with Crippen molar-refractivity contribution < 1.29 is 18.0 Å². The molecule has 1 amide bonds. The molecule has 1 saturated carbocycles. The molecule has 3 heterocycles. The monoisotopic (exact) mass is 437 g/mol. The topological polar surface area (TPSA) is 80.4 Å². The molecule has 1 N–H and O–H groups in total. The fourth-order valence-corrected chi connectivity index (χ4v) is 3.31. The van der Waals surface area contributed by atoms with Crippen molar-refractivity contribution in [1.29, 1.82) is 0 Å². The summed E-state index contributed by atoms with van der Waals surface area (Å²) in [7, 11) is 4.89. The van der Waals surface area contributed by atoms with Crippen LogP contribution in [0.5, 0.6) is 0 Å². The first-order chi connectivity index (χ1) is 14.7. The molecular weight excluding hydrogens is 411 g/mol. The smallest absolute Gasteiger partial charge is 0.363 e. The summed E-state index contributed by atoms with van der Waals surface area (Å²) in [6.45, 7) is 0. The molecule has 0 unspecified atom stereocenters. The lowest BCUT2D eigenvalue weighted by Crippen LogP contribution is -2.16. The number of hydrogen-bond acceptors (Lipinski definition) is 5. The molecule has 1 fully saturated rings. The lowest BCUT2D eigenvalue weighted by molar-refractivity contribution is -0.140. The summed E-state index contributed by atoms with van der Waals surface area (Å²) in [5.41, 5.74) is -1.30. The van der Waals surface area contributed by atoms with Crippen LogP contribution in [0.2, 0.25) is 0 Å². The van der Waals surface area contributed by atoms with Crippen molar-refractivity contribution in [1.82, 2.24) is 24.4 Å². The highest BCUT2D eigenvalue weighted by atomic mass is 19.4. The summed E-state index contributed by atoms with van der Waals surface area (Å²) in [6, 6.07) is 1.70. The minimum atomic E-state index is -4.68. The van der Waals surface area contributed by atoms with Crippen LogP contribution in [0.1, 0.15) is 54.6 Å². The molecule has 0 aliphatic heterocycles. The maximum absolute atomic E-state index is 13.0. The molecule has 0 spiro atoms. The lowest BCUT2D eigenvalue weighted by atomic mass is 10.0. The first-order valence-electron chi connectivity index (χ1n) is 10.1. The Morgan fingerprint density at radius 1 is 1.13 bits per heavy atom. The number of hydrogen-bond donors (Lipinski definition) is 1. The van der Waals surface area contributed by atoms with Gasteiger partial charge in [0.1, 0.15) is 11.4 Å². The van der Waals surface area contributed by atoms with E-state index in [0.717, 1.165) is 10.9 Å². The van der Waals surface area contributed by atoms with Crippen molar-refractivity contribution in [3.8, 4) is 0 Å². The van der Waals surface area contributed by atoms with Crippen LogP contribution in [0.3, 0.4) is 0 Å². The van der Waals surface area contributed by atoms with Crippen LogP contribution < -0.4 is 10.2 Å². The van der Waals surface area contributed by atoms with Gasteiger partial charge in [-0.1, -0.05) is 38.5 Å². The molecule has 0 bridgehead atoms. The standard InChI is InChI=1S/C14H14F3N7O.C6H12/c1-22(2)10-4-5-24-12(20-10)8(6-18-24)13(25)19-9-7-23(3)21-11(9)14(15,16)17;1-2-4-6-5-3-1/h4-7H,1-3H3,(H,19,25);1-6H2. The second kappa shape index (κ2) is 9.36. The van der Waals surface area contributed by atoms with Crippen molar-refractivity contribution in [2.45, 2.75) is 44.7 Å². The second-order valence-corrected chi connectivity index (χ2v) is 7.64. The summed E-state index contributed by atoms with van der Waals surface area (Å²) >= 11 is 0. The normalized spacial score (nSPS) is 14.1. The number of carbonyl (C=O) groups is 1. The number of nitrogens with one attached hydrogen (secondary N) is 1. The average molecular weight is 437 g/mol. The predicted molar refractivity (Wildman–Crippen MR) is 111 cm³/mol. The van der Waals surface area contributed by atoms with E-state index in [2.05, 4.69) is 20.5 Å². The third-order valence-corrected chi connectivity index (χ3v) is 4.90. The van der Waals surface area contributed by atoms with Crippen LogP contribution in [0.15, 0.2) is 24.7 Å². The number of aromatic nitrogens is 5. The van der Waals surface area contributed by atoms with Crippen molar-refractivity contribution in [3.63, 3.8) is 0 Å². The molecule has 1 aliphatic rings. The number of halogens is 3. The quantitative estimate of drug-likeness (QED) is 0.666. The van der Waals surface area contributed by atoms with Gasteiger partial charge in [-0.2, -0.15) is 23.4 Å². The molecule has 1 aliphatic carbocycles. The Morgan fingerprint density at radius 3 is 2.29 bits per heavy atom. The van der Waals surface area contributed by atoms with Crippen LogP contribution in [0, 0.1) is 0 Å². The predicted octanol–water partition coefficient (Wildman–Crippen LogP) is 4.14. The summed E-state index contributed by atoms with van der Waals surface area (Å²) in [6.07, 6.45) is 8.27. The molecule has 31 heavy (non-hydrogen) atoms. The van der Waals surface area contributed by atoms with Crippen LogP contribution in [-0.2, 0) is 13.2 Å². The molecular formula is C20H26F3N7O. The van der Waals surface area contributed by atoms with Crippen molar-refractivity contribution in [2.75, 3.05) is 24.3 Å².